The smallest absolute Gasteiger partial charge is 0.399 e. The molecule has 1 saturated heterocycles. The maximum Gasteiger partial charge on any atom is 0.495 e. The van der Waals surface area contributed by atoms with Crippen LogP contribution in [0.1, 0.15) is 57.7 Å². The fourth-order valence-electron chi connectivity index (χ4n) is 3.37. The van der Waals surface area contributed by atoms with Crippen LogP contribution in [0.5, 0.6) is 0 Å². The van der Waals surface area contributed by atoms with Gasteiger partial charge in [0.05, 0.1) is 11.2 Å². The van der Waals surface area contributed by atoms with Crippen molar-refractivity contribution in [2.24, 2.45) is 0 Å². The van der Waals surface area contributed by atoms with Crippen molar-refractivity contribution < 1.29 is 9.31 Å². The monoisotopic (exact) mass is 287 g/mol. The molecule has 1 fully saturated rings. The molecule has 3 nitrogen and oxygen atoms in total. The molecule has 3 rings (SSSR count). The fourth-order valence-corrected chi connectivity index (χ4v) is 3.37. The third-order valence-corrected chi connectivity index (χ3v) is 5.40. The van der Waals surface area contributed by atoms with Crippen LogP contribution in [0.4, 0.5) is 0 Å². The van der Waals surface area contributed by atoms with Crippen LogP contribution >= 0.6 is 0 Å². The van der Waals surface area contributed by atoms with Crippen molar-refractivity contribution >= 4 is 12.6 Å². The average molecular weight is 287 g/mol. The lowest BCUT2D eigenvalue weighted by Gasteiger charge is -2.32. The molecule has 1 aromatic rings. The zero-order valence-electron chi connectivity index (χ0n) is 13.8. The summed E-state index contributed by atoms with van der Waals surface area (Å²) in [5, 5.41) is 3.43. The molecule has 0 saturated carbocycles. The normalized spacial score (nSPS) is 26.7. The third kappa shape index (κ3) is 2.43. The van der Waals surface area contributed by atoms with Crippen LogP contribution in [0.15, 0.2) is 18.2 Å². The van der Waals surface area contributed by atoms with Gasteiger partial charge in [-0.3, -0.25) is 0 Å². The van der Waals surface area contributed by atoms with Crippen LogP contribution < -0.4 is 10.8 Å². The minimum atomic E-state index is -0.280. The van der Waals surface area contributed by atoms with E-state index in [9.17, 15) is 0 Å². The second-order valence-electron chi connectivity index (χ2n) is 7.24. The summed E-state index contributed by atoms with van der Waals surface area (Å²) in [7, 11) is 1.79. The molecule has 1 aliphatic carbocycles. The van der Waals surface area contributed by atoms with Gasteiger partial charge >= 0.3 is 7.12 Å². The van der Waals surface area contributed by atoms with E-state index in [2.05, 4.69) is 51.2 Å². The van der Waals surface area contributed by atoms with E-state index in [-0.39, 0.29) is 18.3 Å². The lowest BCUT2D eigenvalue weighted by molar-refractivity contribution is 0.00578. The summed E-state index contributed by atoms with van der Waals surface area (Å²) in [4.78, 5) is 0. The topological polar surface area (TPSA) is 30.5 Å². The molecule has 1 N–H and O–H groups in total. The fraction of sp³-hybridized carbons (Fsp3) is 0.647. The molecule has 0 aromatic heterocycles. The molecular formula is C17H26BNO2. The highest BCUT2D eigenvalue weighted by Crippen LogP contribution is 2.37. The molecule has 0 unspecified atom stereocenters. The van der Waals surface area contributed by atoms with Crippen LogP contribution in [0.3, 0.4) is 0 Å². The van der Waals surface area contributed by atoms with Crippen molar-refractivity contribution in [3.8, 4) is 0 Å². The first kappa shape index (κ1) is 15.1. The van der Waals surface area contributed by atoms with Gasteiger partial charge in [-0.15, -0.1) is 0 Å². The largest absolute Gasteiger partial charge is 0.495 e. The van der Waals surface area contributed by atoms with E-state index < -0.39 is 0 Å². The first-order chi connectivity index (χ1) is 9.86. The quantitative estimate of drug-likeness (QED) is 0.848. The number of fused-ring (bicyclic) bond motifs is 1. The second-order valence-corrected chi connectivity index (χ2v) is 7.24. The van der Waals surface area contributed by atoms with Gasteiger partial charge in [-0.05, 0) is 70.6 Å². The van der Waals surface area contributed by atoms with Crippen LogP contribution in [-0.4, -0.2) is 25.4 Å². The molecule has 0 bridgehead atoms. The van der Waals surface area contributed by atoms with Gasteiger partial charge in [0.1, 0.15) is 0 Å². The lowest BCUT2D eigenvalue weighted by Crippen LogP contribution is -2.41. The van der Waals surface area contributed by atoms with Gasteiger partial charge in [0.2, 0.25) is 0 Å². The van der Waals surface area contributed by atoms with Gasteiger partial charge in [-0.2, -0.15) is 0 Å². The minimum absolute atomic E-state index is 0.249. The van der Waals surface area contributed by atoms with Gasteiger partial charge in [0.15, 0.2) is 0 Å². The summed E-state index contributed by atoms with van der Waals surface area (Å²) < 4.78 is 12.5. The molecule has 21 heavy (non-hydrogen) atoms. The summed E-state index contributed by atoms with van der Waals surface area (Å²) >= 11 is 0. The summed E-state index contributed by atoms with van der Waals surface area (Å²) in [6.45, 7) is 8.44. The highest BCUT2D eigenvalue weighted by Gasteiger charge is 2.52. The van der Waals surface area contributed by atoms with Crippen LogP contribution in [0.25, 0.3) is 0 Å². The predicted octanol–water partition coefficient (Wildman–Crippen LogP) is 2.58. The van der Waals surface area contributed by atoms with E-state index in [1.54, 1.807) is 0 Å². The van der Waals surface area contributed by atoms with Gasteiger partial charge in [0.25, 0.3) is 0 Å². The number of hydrogen-bond donors (Lipinski definition) is 1. The highest BCUT2D eigenvalue weighted by atomic mass is 16.7. The average Bonchev–Trinajstić information content (AvgIpc) is 2.66. The predicted molar refractivity (Wildman–Crippen MR) is 86.9 cm³/mol. The van der Waals surface area contributed by atoms with Crippen molar-refractivity contribution in [2.75, 3.05) is 7.05 Å². The Morgan fingerprint density at radius 2 is 1.81 bits per heavy atom. The molecule has 0 amide bonds. The standard InChI is InChI=1S/C17H26BNO2/c1-16(2)17(3,4)21-18(20-16)14-10-6-9-13-12(14)8-7-11-15(13)19-5/h6,9-10,15,19H,7-8,11H2,1-5H3/t15-/m0/s1. The first-order valence-electron chi connectivity index (χ1n) is 8.00. The Kier molecular flexibility index (Phi) is 3.67. The molecule has 1 atom stereocenters. The molecular weight excluding hydrogens is 261 g/mol. The zero-order valence-corrected chi connectivity index (χ0v) is 13.8. The zero-order chi connectivity index (χ0) is 15.3. The van der Waals surface area contributed by atoms with Crippen molar-refractivity contribution in [2.45, 2.75) is 64.2 Å². The molecule has 0 radical (unpaired) electrons. The van der Waals surface area contributed by atoms with E-state index >= 15 is 0 Å². The number of rotatable bonds is 2. The molecule has 1 aliphatic heterocycles. The number of nitrogens with one attached hydrogen (secondary N) is 1. The second kappa shape index (κ2) is 5.11. The van der Waals surface area contributed by atoms with E-state index in [1.165, 1.54) is 29.4 Å². The molecule has 4 heteroatoms. The number of hydrogen-bond acceptors (Lipinski definition) is 3. The summed E-state index contributed by atoms with van der Waals surface area (Å²) in [6, 6.07) is 6.99. The Balaban J connectivity index is 1.98. The minimum Gasteiger partial charge on any atom is -0.399 e. The Labute approximate surface area is 128 Å². The third-order valence-electron chi connectivity index (χ3n) is 5.40. The SMILES string of the molecule is CN[C@H]1CCCc2c(B3OC(C)(C)C(C)(C)O3)cccc21. The number of benzene rings is 1. The van der Waals surface area contributed by atoms with Crippen LogP contribution in [0, 0.1) is 0 Å². The molecule has 2 aliphatic rings. The van der Waals surface area contributed by atoms with Gasteiger partial charge in [0, 0.05) is 6.04 Å². The molecule has 0 spiro atoms. The molecule has 1 heterocycles. The van der Waals surface area contributed by atoms with Gasteiger partial charge in [-0.25, -0.2) is 0 Å². The summed E-state index contributed by atoms with van der Waals surface area (Å²) in [6.07, 6.45) is 3.54. The van der Waals surface area contributed by atoms with Crippen LogP contribution in [0.2, 0.25) is 0 Å². The Bertz CT molecular complexity index is 526. The molecule has 114 valence electrons. The van der Waals surface area contributed by atoms with Crippen molar-refractivity contribution in [3.63, 3.8) is 0 Å². The summed E-state index contributed by atoms with van der Waals surface area (Å²) in [5.41, 5.74) is 3.48. The van der Waals surface area contributed by atoms with Crippen LogP contribution in [-0.2, 0) is 15.7 Å². The Hall–Kier alpha value is -0.835. The van der Waals surface area contributed by atoms with Gasteiger partial charge < -0.3 is 14.6 Å². The van der Waals surface area contributed by atoms with Gasteiger partial charge in [-0.1, -0.05) is 18.2 Å². The maximum absolute atomic E-state index is 6.24. The van der Waals surface area contributed by atoms with E-state index in [4.69, 9.17) is 9.31 Å². The summed E-state index contributed by atoms with van der Waals surface area (Å²) in [5.74, 6) is 0. The molecule has 1 aromatic carbocycles. The van der Waals surface area contributed by atoms with Crippen molar-refractivity contribution in [1.29, 1.82) is 0 Å². The Morgan fingerprint density at radius 1 is 1.14 bits per heavy atom. The van der Waals surface area contributed by atoms with Crippen molar-refractivity contribution in [3.05, 3.63) is 29.3 Å². The van der Waals surface area contributed by atoms with E-state index in [0.717, 1.165) is 6.42 Å². The van der Waals surface area contributed by atoms with Crippen molar-refractivity contribution in [1.82, 2.24) is 5.32 Å². The highest BCUT2D eigenvalue weighted by molar-refractivity contribution is 6.62. The van der Waals surface area contributed by atoms with E-state index in [1.807, 2.05) is 7.05 Å². The maximum atomic E-state index is 6.24. The Morgan fingerprint density at radius 3 is 2.43 bits per heavy atom. The first-order valence-corrected chi connectivity index (χ1v) is 8.00. The lowest BCUT2D eigenvalue weighted by atomic mass is 9.71. The van der Waals surface area contributed by atoms with E-state index in [0.29, 0.717) is 6.04 Å².